The number of carbonyl (C=O) groups excluding carboxylic acids is 1. The van der Waals surface area contributed by atoms with E-state index in [1.54, 1.807) is 24.3 Å². The van der Waals surface area contributed by atoms with Crippen molar-refractivity contribution in [2.24, 2.45) is 5.92 Å². The zero-order valence-corrected chi connectivity index (χ0v) is 15.4. The minimum absolute atomic E-state index is 0.0784. The van der Waals surface area contributed by atoms with E-state index in [2.05, 4.69) is 15.3 Å². The third-order valence-corrected chi connectivity index (χ3v) is 4.66. The van der Waals surface area contributed by atoms with Gasteiger partial charge in [-0.2, -0.15) is 5.10 Å². The fourth-order valence-electron chi connectivity index (χ4n) is 3.08. The average molecular weight is 356 g/mol. The largest absolute Gasteiger partial charge is 0.361 e. The van der Waals surface area contributed by atoms with Crippen LogP contribution in [0.3, 0.4) is 0 Å². The lowest BCUT2D eigenvalue weighted by Crippen LogP contribution is -2.40. The molecule has 26 heavy (non-hydrogen) atoms. The Morgan fingerprint density at radius 1 is 1.15 bits per heavy atom. The minimum Gasteiger partial charge on any atom is -0.361 e. The number of aryl methyl sites for hydroxylation is 1. The quantitative estimate of drug-likeness (QED) is 0.811. The van der Waals surface area contributed by atoms with Crippen LogP contribution in [0.2, 0.25) is 0 Å². The normalized spacial score (nSPS) is 15.1. The first-order chi connectivity index (χ1) is 12.4. The van der Waals surface area contributed by atoms with Crippen molar-refractivity contribution in [3.05, 3.63) is 46.0 Å². The molecule has 1 saturated heterocycles. The third kappa shape index (κ3) is 4.07. The molecular formula is C18H24N6O2. The van der Waals surface area contributed by atoms with Gasteiger partial charge in [-0.1, -0.05) is 0 Å². The van der Waals surface area contributed by atoms with Crippen molar-refractivity contribution in [1.82, 2.24) is 24.9 Å². The predicted molar refractivity (Wildman–Crippen MR) is 98.2 cm³/mol. The van der Waals surface area contributed by atoms with Crippen molar-refractivity contribution in [2.75, 3.05) is 32.1 Å². The summed E-state index contributed by atoms with van der Waals surface area (Å²) in [7, 11) is 3.76. The lowest BCUT2D eigenvalue weighted by atomic mass is 9.96. The minimum atomic E-state index is -0.0906. The van der Waals surface area contributed by atoms with Gasteiger partial charge in [0.05, 0.1) is 5.69 Å². The smallest absolute Gasteiger partial charge is 0.274 e. The van der Waals surface area contributed by atoms with Crippen LogP contribution in [0.5, 0.6) is 0 Å². The highest BCUT2D eigenvalue weighted by Crippen LogP contribution is 2.20. The van der Waals surface area contributed by atoms with E-state index < -0.39 is 0 Å². The Balaban J connectivity index is 1.58. The molecule has 2 aromatic rings. The molecule has 3 heterocycles. The van der Waals surface area contributed by atoms with E-state index in [4.69, 9.17) is 0 Å². The molecule has 2 aromatic heterocycles. The van der Waals surface area contributed by atoms with Crippen molar-refractivity contribution in [1.29, 1.82) is 0 Å². The molecule has 3 rings (SSSR count). The molecule has 8 heteroatoms. The summed E-state index contributed by atoms with van der Waals surface area (Å²) in [5.41, 5.74) is 1.12. The van der Waals surface area contributed by atoms with Crippen molar-refractivity contribution >= 4 is 11.7 Å². The Labute approximate surface area is 152 Å². The summed E-state index contributed by atoms with van der Waals surface area (Å²) in [6, 6.07) is 6.79. The summed E-state index contributed by atoms with van der Waals surface area (Å²) in [5, 5.41) is 12.4. The molecule has 0 aliphatic carbocycles. The van der Waals surface area contributed by atoms with Crippen LogP contribution in [0.1, 0.15) is 29.0 Å². The molecule has 0 bridgehead atoms. The van der Waals surface area contributed by atoms with Gasteiger partial charge in [0, 0.05) is 39.8 Å². The first-order valence-corrected chi connectivity index (χ1v) is 8.79. The highest BCUT2D eigenvalue weighted by molar-refractivity contribution is 5.92. The molecule has 8 nitrogen and oxygen atoms in total. The second-order valence-corrected chi connectivity index (χ2v) is 6.90. The van der Waals surface area contributed by atoms with Gasteiger partial charge >= 0.3 is 0 Å². The maximum absolute atomic E-state index is 12.6. The van der Waals surface area contributed by atoms with Crippen LogP contribution in [0.4, 0.5) is 5.82 Å². The molecule has 0 saturated carbocycles. The van der Waals surface area contributed by atoms with Crippen LogP contribution in [-0.4, -0.2) is 58.0 Å². The molecule has 0 radical (unpaired) electrons. The second-order valence-electron chi connectivity index (χ2n) is 6.90. The van der Waals surface area contributed by atoms with E-state index in [0.29, 0.717) is 31.2 Å². The van der Waals surface area contributed by atoms with E-state index in [0.717, 1.165) is 24.4 Å². The fraction of sp³-hybridized carbons (Fsp3) is 0.500. The van der Waals surface area contributed by atoms with Crippen molar-refractivity contribution in [2.45, 2.75) is 26.3 Å². The number of aromatic nitrogens is 4. The number of hydrogen-bond donors (Lipinski definition) is 0. The van der Waals surface area contributed by atoms with Crippen LogP contribution < -0.4 is 10.5 Å². The van der Waals surface area contributed by atoms with Gasteiger partial charge in [-0.05, 0) is 43.9 Å². The molecule has 1 fully saturated rings. The lowest BCUT2D eigenvalue weighted by Gasteiger charge is -2.31. The number of likely N-dealkylation sites (tertiary alicyclic amines) is 1. The molecular weight excluding hydrogens is 332 g/mol. The molecule has 0 unspecified atom stereocenters. The van der Waals surface area contributed by atoms with Gasteiger partial charge in [0.2, 0.25) is 0 Å². The van der Waals surface area contributed by atoms with E-state index >= 15 is 0 Å². The number of anilines is 1. The lowest BCUT2D eigenvalue weighted by molar-refractivity contribution is 0.0673. The first-order valence-electron chi connectivity index (χ1n) is 8.79. The monoisotopic (exact) mass is 356 g/mol. The van der Waals surface area contributed by atoms with E-state index in [1.807, 2.05) is 30.8 Å². The Kier molecular flexibility index (Phi) is 5.29. The second kappa shape index (κ2) is 7.63. The van der Waals surface area contributed by atoms with Gasteiger partial charge < -0.3 is 9.80 Å². The van der Waals surface area contributed by atoms with Gasteiger partial charge in [0.15, 0.2) is 11.5 Å². The Hall–Kier alpha value is -2.77. The zero-order valence-electron chi connectivity index (χ0n) is 15.4. The Morgan fingerprint density at radius 3 is 2.50 bits per heavy atom. The van der Waals surface area contributed by atoms with Crippen LogP contribution >= 0.6 is 0 Å². The van der Waals surface area contributed by atoms with Gasteiger partial charge in [-0.15, -0.1) is 10.2 Å². The van der Waals surface area contributed by atoms with E-state index in [9.17, 15) is 9.59 Å². The average Bonchev–Trinajstić information content (AvgIpc) is 2.65. The highest BCUT2D eigenvalue weighted by atomic mass is 16.2. The topological polar surface area (TPSA) is 84.2 Å². The van der Waals surface area contributed by atoms with E-state index in [-0.39, 0.29) is 11.5 Å². The summed E-state index contributed by atoms with van der Waals surface area (Å²) in [6.07, 6.45) is 1.69. The fourth-order valence-corrected chi connectivity index (χ4v) is 3.08. The van der Waals surface area contributed by atoms with Gasteiger partial charge in [-0.25, -0.2) is 4.68 Å². The summed E-state index contributed by atoms with van der Waals surface area (Å²) >= 11 is 0. The maximum Gasteiger partial charge on any atom is 0.274 e. The Bertz CT molecular complexity index is 822. The number of hydrogen-bond acceptors (Lipinski definition) is 6. The molecule has 1 aliphatic heterocycles. The third-order valence-electron chi connectivity index (χ3n) is 4.66. The predicted octanol–water partition coefficient (Wildman–Crippen LogP) is 0.960. The summed E-state index contributed by atoms with van der Waals surface area (Å²) in [4.78, 5) is 28.1. The molecule has 0 atom stereocenters. The molecule has 0 aromatic carbocycles. The number of piperidine rings is 1. The highest BCUT2D eigenvalue weighted by Gasteiger charge is 2.25. The molecule has 1 aliphatic rings. The summed E-state index contributed by atoms with van der Waals surface area (Å²) in [6.45, 7) is 3.78. The molecule has 0 spiro atoms. The standard InChI is InChI=1S/C18H24N6O2/c1-13-4-7-17(25)24(21-13)12-14-8-10-23(11-9-14)18(26)15-5-6-16(20-19-15)22(2)3/h4-7,14H,8-12H2,1-3H3. The van der Waals surface area contributed by atoms with Crippen LogP contribution in [0.15, 0.2) is 29.1 Å². The first kappa shape index (κ1) is 18.0. The van der Waals surface area contributed by atoms with Crippen LogP contribution in [0, 0.1) is 12.8 Å². The van der Waals surface area contributed by atoms with Gasteiger partial charge in [0.1, 0.15) is 0 Å². The number of carbonyl (C=O) groups is 1. The Morgan fingerprint density at radius 2 is 1.88 bits per heavy atom. The van der Waals surface area contributed by atoms with Gasteiger partial charge in [0.25, 0.3) is 11.5 Å². The van der Waals surface area contributed by atoms with E-state index in [1.165, 1.54) is 4.68 Å². The number of amides is 1. The maximum atomic E-state index is 12.6. The molecule has 0 N–H and O–H groups in total. The zero-order chi connectivity index (χ0) is 18.7. The summed E-state index contributed by atoms with van der Waals surface area (Å²) < 4.78 is 1.53. The van der Waals surface area contributed by atoms with Crippen LogP contribution in [0.25, 0.3) is 0 Å². The van der Waals surface area contributed by atoms with Crippen LogP contribution in [-0.2, 0) is 6.54 Å². The van der Waals surface area contributed by atoms with Gasteiger partial charge in [-0.3, -0.25) is 9.59 Å². The summed E-state index contributed by atoms with van der Waals surface area (Å²) in [5.74, 6) is 0.969. The number of nitrogens with zero attached hydrogens (tertiary/aromatic N) is 6. The molecule has 1 amide bonds. The van der Waals surface area contributed by atoms with Crippen molar-refractivity contribution < 1.29 is 4.79 Å². The molecule has 138 valence electrons. The van der Waals surface area contributed by atoms with Crippen molar-refractivity contribution in [3.63, 3.8) is 0 Å². The number of rotatable bonds is 4. The SMILES string of the molecule is Cc1ccc(=O)n(CC2CCN(C(=O)c3ccc(N(C)C)nn3)CC2)n1. The van der Waals surface area contributed by atoms with Crippen molar-refractivity contribution in [3.8, 4) is 0 Å².